The minimum absolute atomic E-state index is 0.972. The van der Waals surface area contributed by atoms with Gasteiger partial charge in [0.25, 0.3) is 0 Å². The number of fused-ring (bicyclic) bond motifs is 5. The Bertz CT molecular complexity index is 894. The second kappa shape index (κ2) is 5.36. The lowest BCUT2D eigenvalue weighted by atomic mass is 9.91. The molecule has 0 fully saturated rings. The van der Waals surface area contributed by atoms with Crippen LogP contribution in [0.5, 0.6) is 0 Å². The number of hydrogen-bond donors (Lipinski definition) is 0. The van der Waals surface area contributed by atoms with Crippen LogP contribution in [0.3, 0.4) is 0 Å². The second-order valence-electron chi connectivity index (χ2n) is 5.78. The van der Waals surface area contributed by atoms with Gasteiger partial charge in [-0.05, 0) is 76.6 Å². The largest absolute Gasteiger partial charge is 0.0613 e. The van der Waals surface area contributed by atoms with Crippen LogP contribution < -0.4 is 0 Å². The van der Waals surface area contributed by atoms with E-state index >= 15 is 0 Å². The summed E-state index contributed by atoms with van der Waals surface area (Å²) in [6.07, 6.45) is 0.972. The van der Waals surface area contributed by atoms with Gasteiger partial charge in [0, 0.05) is 8.95 Å². The van der Waals surface area contributed by atoms with Gasteiger partial charge in [-0.25, -0.2) is 0 Å². The fraction of sp³-hybridized carbons (Fsp3) is 0.100. The fourth-order valence-electron chi connectivity index (χ4n) is 3.34. The topological polar surface area (TPSA) is 0 Å². The van der Waals surface area contributed by atoms with Crippen molar-refractivity contribution in [3.63, 3.8) is 0 Å². The van der Waals surface area contributed by atoms with Crippen LogP contribution >= 0.6 is 31.9 Å². The fourth-order valence-corrected chi connectivity index (χ4v) is 4.07. The third-order valence-corrected chi connectivity index (χ3v) is 5.34. The Balaban J connectivity index is 2.15. The molecule has 2 heteroatoms. The van der Waals surface area contributed by atoms with E-state index in [1.807, 2.05) is 0 Å². The van der Waals surface area contributed by atoms with Crippen LogP contribution in [0.15, 0.2) is 63.5 Å². The maximum Gasteiger partial charge on any atom is 0.0181 e. The standard InChI is InChI=1S/C20H14Br2/c1-12-3-2-4-17-18-10-15(21)7-5-13(18)9-14-6-8-16(22)11-19(14)20(12)17/h2-8,10-11H,9H2,1H3. The average Bonchev–Trinajstić information content (AvgIpc) is 2.63. The highest BCUT2D eigenvalue weighted by Gasteiger charge is 2.20. The van der Waals surface area contributed by atoms with Crippen molar-refractivity contribution in [1.29, 1.82) is 0 Å². The molecule has 0 spiro atoms. The molecule has 0 atom stereocenters. The second-order valence-corrected chi connectivity index (χ2v) is 7.61. The van der Waals surface area contributed by atoms with Crippen molar-refractivity contribution < 1.29 is 0 Å². The van der Waals surface area contributed by atoms with Gasteiger partial charge in [-0.2, -0.15) is 0 Å². The molecular weight excluding hydrogens is 400 g/mol. The molecule has 0 heterocycles. The van der Waals surface area contributed by atoms with E-state index in [0.29, 0.717) is 0 Å². The molecule has 3 aromatic carbocycles. The van der Waals surface area contributed by atoms with Gasteiger partial charge >= 0.3 is 0 Å². The van der Waals surface area contributed by atoms with Crippen molar-refractivity contribution in [2.45, 2.75) is 13.3 Å². The van der Waals surface area contributed by atoms with Gasteiger partial charge in [0.15, 0.2) is 0 Å². The van der Waals surface area contributed by atoms with Crippen molar-refractivity contribution >= 4 is 31.9 Å². The number of benzene rings is 3. The molecule has 4 rings (SSSR count). The molecule has 0 bridgehead atoms. The zero-order valence-corrected chi connectivity index (χ0v) is 15.3. The summed E-state index contributed by atoms with van der Waals surface area (Å²) < 4.78 is 2.26. The minimum Gasteiger partial charge on any atom is -0.0613 e. The highest BCUT2D eigenvalue weighted by Crippen LogP contribution is 2.43. The van der Waals surface area contributed by atoms with Crippen LogP contribution in [0.25, 0.3) is 22.3 Å². The number of rotatable bonds is 0. The lowest BCUT2D eigenvalue weighted by Gasteiger charge is -2.14. The summed E-state index contributed by atoms with van der Waals surface area (Å²) in [5.41, 5.74) is 9.46. The Morgan fingerprint density at radius 2 is 1.36 bits per heavy atom. The summed E-state index contributed by atoms with van der Waals surface area (Å²) in [5.74, 6) is 0. The number of aryl methyl sites for hydroxylation is 1. The molecule has 0 nitrogen and oxygen atoms in total. The summed E-state index contributed by atoms with van der Waals surface area (Å²) in [6, 6.07) is 19.8. The van der Waals surface area contributed by atoms with Gasteiger partial charge in [-0.15, -0.1) is 0 Å². The van der Waals surface area contributed by atoms with Crippen molar-refractivity contribution in [3.8, 4) is 22.3 Å². The molecule has 3 aromatic rings. The van der Waals surface area contributed by atoms with E-state index in [1.54, 1.807) is 0 Å². The molecule has 0 unspecified atom stereocenters. The average molecular weight is 414 g/mol. The van der Waals surface area contributed by atoms with E-state index in [2.05, 4.69) is 93.4 Å². The smallest absolute Gasteiger partial charge is 0.0181 e. The molecule has 22 heavy (non-hydrogen) atoms. The number of hydrogen-bond acceptors (Lipinski definition) is 0. The third-order valence-electron chi connectivity index (χ3n) is 4.36. The van der Waals surface area contributed by atoms with Crippen LogP contribution in [-0.2, 0) is 6.42 Å². The van der Waals surface area contributed by atoms with E-state index in [9.17, 15) is 0 Å². The molecule has 0 aliphatic heterocycles. The third kappa shape index (κ3) is 2.26. The Kier molecular flexibility index (Phi) is 3.47. The Morgan fingerprint density at radius 1 is 0.727 bits per heavy atom. The van der Waals surface area contributed by atoms with Gasteiger partial charge in [0.2, 0.25) is 0 Å². The predicted octanol–water partition coefficient (Wildman–Crippen LogP) is 6.76. The maximum absolute atomic E-state index is 3.63. The molecular formula is C20H14Br2. The highest BCUT2D eigenvalue weighted by molar-refractivity contribution is 9.10. The van der Waals surface area contributed by atoms with Gasteiger partial charge in [0.05, 0.1) is 0 Å². The first-order valence-corrected chi connectivity index (χ1v) is 8.89. The Labute approximate surface area is 147 Å². The molecule has 0 N–H and O–H groups in total. The lowest BCUT2D eigenvalue weighted by molar-refractivity contribution is 1.21. The zero-order valence-electron chi connectivity index (χ0n) is 12.2. The number of halogens is 2. The van der Waals surface area contributed by atoms with Crippen molar-refractivity contribution in [2.75, 3.05) is 0 Å². The van der Waals surface area contributed by atoms with Gasteiger partial charge in [-0.3, -0.25) is 0 Å². The van der Waals surface area contributed by atoms with Crippen molar-refractivity contribution in [2.24, 2.45) is 0 Å². The highest BCUT2D eigenvalue weighted by atomic mass is 79.9. The summed E-state index contributed by atoms with van der Waals surface area (Å²) in [6.45, 7) is 2.20. The lowest BCUT2D eigenvalue weighted by Crippen LogP contribution is -1.91. The quantitative estimate of drug-likeness (QED) is 0.298. The Hall–Kier alpha value is -1.38. The summed E-state index contributed by atoms with van der Waals surface area (Å²) in [5, 5.41) is 0. The molecule has 0 amide bonds. The maximum atomic E-state index is 3.63. The summed E-state index contributed by atoms with van der Waals surface area (Å²) in [7, 11) is 0. The van der Waals surface area contributed by atoms with Crippen LogP contribution in [0.1, 0.15) is 16.7 Å². The molecule has 1 aliphatic rings. The van der Waals surface area contributed by atoms with Crippen molar-refractivity contribution in [3.05, 3.63) is 80.2 Å². The first-order chi connectivity index (χ1) is 10.6. The monoisotopic (exact) mass is 412 g/mol. The van der Waals surface area contributed by atoms with Gasteiger partial charge in [-0.1, -0.05) is 62.2 Å². The van der Waals surface area contributed by atoms with Gasteiger partial charge < -0.3 is 0 Å². The molecule has 0 radical (unpaired) electrons. The van der Waals surface area contributed by atoms with E-state index in [1.165, 1.54) is 38.9 Å². The first-order valence-electron chi connectivity index (χ1n) is 7.31. The van der Waals surface area contributed by atoms with E-state index in [0.717, 1.165) is 15.4 Å². The molecule has 0 saturated heterocycles. The van der Waals surface area contributed by atoms with E-state index in [-0.39, 0.29) is 0 Å². The van der Waals surface area contributed by atoms with E-state index < -0.39 is 0 Å². The first kappa shape index (κ1) is 14.2. The predicted molar refractivity (Wildman–Crippen MR) is 100 cm³/mol. The zero-order chi connectivity index (χ0) is 15.3. The van der Waals surface area contributed by atoms with Crippen LogP contribution in [0.4, 0.5) is 0 Å². The molecule has 0 aromatic heterocycles. The summed E-state index contributed by atoms with van der Waals surface area (Å²) >= 11 is 7.26. The molecule has 1 aliphatic carbocycles. The van der Waals surface area contributed by atoms with E-state index in [4.69, 9.17) is 0 Å². The minimum atomic E-state index is 0.972. The normalized spacial score (nSPS) is 12.1. The molecule has 0 saturated carbocycles. The van der Waals surface area contributed by atoms with Crippen molar-refractivity contribution in [1.82, 2.24) is 0 Å². The Morgan fingerprint density at radius 3 is 2.09 bits per heavy atom. The molecule has 108 valence electrons. The van der Waals surface area contributed by atoms with Crippen LogP contribution in [0, 0.1) is 6.92 Å². The summed E-state index contributed by atoms with van der Waals surface area (Å²) in [4.78, 5) is 0. The SMILES string of the molecule is Cc1cccc2c1-c1cc(Br)ccc1Cc1ccc(Br)cc1-2. The van der Waals surface area contributed by atoms with Crippen LogP contribution in [-0.4, -0.2) is 0 Å². The van der Waals surface area contributed by atoms with Gasteiger partial charge in [0.1, 0.15) is 0 Å². The van der Waals surface area contributed by atoms with Crippen LogP contribution in [0.2, 0.25) is 0 Å².